The number of rotatable bonds is 1. The van der Waals surface area contributed by atoms with E-state index < -0.39 is 18.3 Å². The van der Waals surface area contributed by atoms with Crippen molar-refractivity contribution >= 4 is 0 Å². The highest BCUT2D eigenvalue weighted by Crippen LogP contribution is 1.57. The molecule has 0 saturated heterocycles. The maximum Gasteiger partial charge on any atom is 0.201 e. The third kappa shape index (κ3) is 3.40. The minimum absolute atomic E-state index is 0.854. The fourth-order valence-corrected chi connectivity index (χ4v) is 0. The molecule has 0 rings (SSSR count). The Morgan fingerprint density at radius 3 is 3.00 bits per heavy atom. The molecule has 3 nitrogen and oxygen atoms in total. The molecule has 0 aliphatic rings. The zero-order valence-electron chi connectivity index (χ0n) is 5.47. The van der Waals surface area contributed by atoms with Crippen molar-refractivity contribution in [2.45, 2.75) is 6.85 Å². The second kappa shape index (κ2) is 1.69. The second-order valence-corrected chi connectivity index (χ2v) is 0.491. The highest BCUT2D eigenvalue weighted by molar-refractivity contribution is 4.04. The van der Waals surface area contributed by atoms with Crippen molar-refractivity contribution in [3.05, 3.63) is 10.1 Å². The zero-order chi connectivity index (χ0) is 6.78. The summed E-state index contributed by atoms with van der Waals surface area (Å²) in [6.07, 6.45) is 0. The number of hydrogen-bond acceptors (Lipinski definition) is 2. The highest BCUT2D eigenvalue weighted by atomic mass is 16.6. The Balaban J connectivity index is 3.55. The summed E-state index contributed by atoms with van der Waals surface area (Å²) in [5, 5.41) is 9.46. The van der Waals surface area contributed by atoms with Gasteiger partial charge in [0.15, 0.2) is 0 Å². The van der Waals surface area contributed by atoms with E-state index in [0.29, 0.717) is 0 Å². The first-order valence-corrected chi connectivity index (χ1v) is 1.03. The van der Waals surface area contributed by atoms with Crippen LogP contribution in [0, 0.1) is 10.1 Å². The quantitative estimate of drug-likeness (QED) is 0.334. The lowest BCUT2D eigenvalue weighted by atomic mass is 10.8. The molecule has 0 aromatic rings. The lowest BCUT2D eigenvalue weighted by Gasteiger charge is -1.73. The number of hydrogen-bond donors (Lipinski definition) is 0. The van der Waals surface area contributed by atoms with E-state index in [1.807, 2.05) is 0 Å². The van der Waals surface area contributed by atoms with Gasteiger partial charge in [-0.3, -0.25) is 10.1 Å². The topological polar surface area (TPSA) is 43.1 Å². The molecule has 0 N–H and O–H groups in total. The van der Waals surface area contributed by atoms with E-state index in [1.54, 1.807) is 0 Å². The molecule has 0 aromatic heterocycles. The Bertz CT molecular complexity index is 97.9. The molecule has 0 saturated carbocycles. The number of nitrogens with zero attached hydrogens (tertiary/aromatic N) is 1. The Hall–Kier alpha value is -0.600. The van der Waals surface area contributed by atoms with Gasteiger partial charge in [-0.15, -0.1) is 0 Å². The van der Waals surface area contributed by atoms with Crippen LogP contribution in [0.1, 0.15) is 11.0 Å². The van der Waals surface area contributed by atoms with Crippen LogP contribution in [0.2, 0.25) is 0 Å². The van der Waals surface area contributed by atoms with E-state index in [4.69, 9.17) is 4.11 Å². The molecule has 0 radical (unpaired) electrons. The van der Waals surface area contributed by atoms with Gasteiger partial charge in [0.2, 0.25) is 6.54 Å². The average Bonchev–Trinajstić information content (AvgIpc) is 1.21. The van der Waals surface area contributed by atoms with Gasteiger partial charge < -0.3 is 0 Å². The predicted molar refractivity (Wildman–Crippen MR) is 17.5 cm³/mol. The molecule has 0 aliphatic heterocycles. The van der Waals surface area contributed by atoms with Gasteiger partial charge in [-0.25, -0.2) is 0 Å². The maximum absolute atomic E-state index is 9.46. The van der Waals surface area contributed by atoms with Crippen LogP contribution in [0.25, 0.3) is 0 Å². The minimum Gasteiger partial charge on any atom is -0.265 e. The molecule has 3 heteroatoms. The smallest absolute Gasteiger partial charge is 0.201 e. The van der Waals surface area contributed by atoms with Crippen LogP contribution in [-0.4, -0.2) is 11.5 Å². The number of nitro groups is 1. The van der Waals surface area contributed by atoms with Crippen LogP contribution in [0.5, 0.6) is 0 Å². The molecule has 0 aliphatic carbocycles. The summed E-state index contributed by atoms with van der Waals surface area (Å²) in [6, 6.07) is 0. The van der Waals surface area contributed by atoms with E-state index in [-0.39, 0.29) is 0 Å². The molecular weight excluding hydrogens is 70.0 g/mol. The summed E-state index contributed by atoms with van der Waals surface area (Å²) in [5.74, 6) is 0. The average molecular weight is 78.1 g/mol. The summed E-state index contributed by atoms with van der Waals surface area (Å²) in [5.41, 5.74) is 0. The van der Waals surface area contributed by atoms with Crippen molar-refractivity contribution in [3.63, 3.8) is 0 Å². The molecule has 30 valence electrons. The third-order valence-electron chi connectivity index (χ3n) is 0.129. The fourth-order valence-electron chi connectivity index (χ4n) is 0. The van der Waals surface area contributed by atoms with Crippen molar-refractivity contribution in [2.24, 2.45) is 0 Å². The molecule has 0 fully saturated rings. The molecule has 0 aromatic carbocycles. The molecule has 0 bridgehead atoms. The Kier molecular flexibility index (Phi) is 0.421. The van der Waals surface area contributed by atoms with Crippen molar-refractivity contribution in [2.75, 3.05) is 6.54 Å². The molecule has 0 heterocycles. The normalized spacial score (nSPS) is 18.8. The van der Waals surface area contributed by atoms with Gasteiger partial charge in [-0.2, -0.15) is 0 Å². The minimum atomic E-state index is -2.43. The third-order valence-corrected chi connectivity index (χ3v) is 0.129. The second-order valence-electron chi connectivity index (χ2n) is 0.491. The van der Waals surface area contributed by atoms with Gasteiger partial charge >= 0.3 is 0 Å². The monoisotopic (exact) mass is 78.1 g/mol. The molecule has 5 heavy (non-hydrogen) atoms. The van der Waals surface area contributed by atoms with Crippen LogP contribution >= 0.6 is 0 Å². The van der Waals surface area contributed by atoms with Crippen LogP contribution in [0.15, 0.2) is 0 Å². The van der Waals surface area contributed by atoms with E-state index in [2.05, 4.69) is 0 Å². The molecule has 0 atom stereocenters. The molecule has 0 amide bonds. The molecule has 0 unspecified atom stereocenters. The van der Waals surface area contributed by atoms with Crippen LogP contribution in [0.3, 0.4) is 0 Å². The van der Waals surface area contributed by atoms with E-state index in [9.17, 15) is 10.1 Å². The van der Waals surface area contributed by atoms with Gasteiger partial charge in [-0.1, -0.05) is 0 Å². The van der Waals surface area contributed by atoms with Crippen LogP contribution in [0.4, 0.5) is 0 Å². The first-order valence-electron chi connectivity index (χ1n) is 2.53. The first-order chi connectivity index (χ1) is 3.42. The SMILES string of the molecule is [2H]C([2H])([2H])C[N+](=O)[O-]. The van der Waals surface area contributed by atoms with Crippen molar-refractivity contribution in [1.82, 2.24) is 0 Å². The summed E-state index contributed by atoms with van der Waals surface area (Å²) in [4.78, 5) is 8.61. The fraction of sp³-hybridized carbons (Fsp3) is 1.00. The molecule has 0 spiro atoms. The van der Waals surface area contributed by atoms with Gasteiger partial charge in [0, 0.05) is 15.9 Å². The Morgan fingerprint density at radius 1 is 2.40 bits per heavy atom. The summed E-state index contributed by atoms with van der Waals surface area (Å²) in [6.45, 7) is -3.38. The molecular formula is C2H5NO2. The van der Waals surface area contributed by atoms with Crippen molar-refractivity contribution in [1.29, 1.82) is 0 Å². The van der Waals surface area contributed by atoms with E-state index in [1.165, 1.54) is 0 Å². The van der Waals surface area contributed by atoms with E-state index >= 15 is 0 Å². The predicted octanol–water partition coefficient (Wildman–Crippen LogP) is 0.283. The van der Waals surface area contributed by atoms with Gasteiger partial charge in [-0.05, 0) is 0 Å². The van der Waals surface area contributed by atoms with Gasteiger partial charge in [0.25, 0.3) is 0 Å². The highest BCUT2D eigenvalue weighted by Gasteiger charge is 1.76. The van der Waals surface area contributed by atoms with Crippen molar-refractivity contribution in [3.8, 4) is 0 Å². The lowest BCUT2D eigenvalue weighted by Crippen LogP contribution is -1.92. The summed E-state index contributed by atoms with van der Waals surface area (Å²) < 4.78 is 19.1. The lowest BCUT2D eigenvalue weighted by molar-refractivity contribution is -0.475. The van der Waals surface area contributed by atoms with E-state index in [0.717, 1.165) is 0 Å². The summed E-state index contributed by atoms with van der Waals surface area (Å²) in [7, 11) is 0. The Morgan fingerprint density at radius 2 is 3.00 bits per heavy atom. The Labute approximate surface area is 34.0 Å². The standard InChI is InChI=1S/C2H5NO2/c1-2-3(4)5/h2H2,1H3/i1D3. The van der Waals surface area contributed by atoms with Crippen molar-refractivity contribution < 1.29 is 9.04 Å². The van der Waals surface area contributed by atoms with Crippen LogP contribution < -0.4 is 0 Å². The first kappa shape index (κ1) is 1.24. The summed E-state index contributed by atoms with van der Waals surface area (Å²) >= 11 is 0. The largest absolute Gasteiger partial charge is 0.265 e. The maximum atomic E-state index is 9.46. The van der Waals surface area contributed by atoms with Gasteiger partial charge in [0.1, 0.15) is 0 Å². The zero-order valence-corrected chi connectivity index (χ0v) is 2.47. The van der Waals surface area contributed by atoms with Crippen LogP contribution in [-0.2, 0) is 0 Å². The van der Waals surface area contributed by atoms with Gasteiger partial charge in [0.05, 0.1) is 0 Å².